The van der Waals surface area contributed by atoms with Gasteiger partial charge in [-0.15, -0.1) is 0 Å². The first-order chi connectivity index (χ1) is 19.9. The van der Waals surface area contributed by atoms with E-state index in [0.717, 1.165) is 27.3 Å². The van der Waals surface area contributed by atoms with Crippen molar-refractivity contribution in [1.82, 2.24) is 14.7 Å². The highest BCUT2D eigenvalue weighted by Crippen LogP contribution is 2.32. The van der Waals surface area contributed by atoms with Crippen molar-refractivity contribution in [3.8, 4) is 28.8 Å². The highest BCUT2D eigenvalue weighted by Gasteiger charge is 2.35. The summed E-state index contributed by atoms with van der Waals surface area (Å²) in [6, 6.07) is 26.8. The molecule has 5 rings (SSSR count). The molecular weight excluding hydrogens is 512 g/mol. The highest BCUT2D eigenvalue weighted by atomic mass is 16.5. The number of nitrogens with zero attached hydrogens (tertiary/aromatic N) is 4. The fourth-order valence-corrected chi connectivity index (χ4v) is 4.60. The molecule has 0 spiro atoms. The molecule has 7 nitrogen and oxygen atoms in total. The molecule has 0 radical (unpaired) electrons. The summed E-state index contributed by atoms with van der Waals surface area (Å²) in [6.07, 6.45) is 5.24. The van der Waals surface area contributed by atoms with Crippen LogP contribution in [0.1, 0.15) is 23.6 Å². The smallest absolute Gasteiger partial charge is 0.271 e. The van der Waals surface area contributed by atoms with Gasteiger partial charge in [0.15, 0.2) is 0 Å². The third-order valence-electron chi connectivity index (χ3n) is 6.85. The molecular formula is C34H28N4O3. The molecule has 0 aliphatic carbocycles. The Morgan fingerprint density at radius 1 is 0.951 bits per heavy atom. The summed E-state index contributed by atoms with van der Waals surface area (Å²) in [5.41, 5.74) is 5.39. The monoisotopic (exact) mass is 540 g/mol. The van der Waals surface area contributed by atoms with E-state index in [9.17, 15) is 14.9 Å². The lowest BCUT2D eigenvalue weighted by Crippen LogP contribution is -2.42. The Morgan fingerprint density at radius 2 is 1.66 bits per heavy atom. The van der Waals surface area contributed by atoms with Gasteiger partial charge in [-0.1, -0.05) is 60.7 Å². The summed E-state index contributed by atoms with van der Waals surface area (Å²) in [6.45, 7) is 7.74. The number of rotatable bonds is 8. The number of hydrogen-bond donors (Lipinski definition) is 0. The van der Waals surface area contributed by atoms with Crippen molar-refractivity contribution >= 4 is 17.9 Å². The van der Waals surface area contributed by atoms with Crippen molar-refractivity contribution in [1.29, 1.82) is 5.26 Å². The van der Waals surface area contributed by atoms with E-state index in [1.165, 1.54) is 0 Å². The van der Waals surface area contributed by atoms with Gasteiger partial charge in [0, 0.05) is 22.9 Å². The lowest BCUT2D eigenvalue weighted by molar-refractivity contribution is -0.141. The van der Waals surface area contributed by atoms with Crippen molar-refractivity contribution in [3.63, 3.8) is 0 Å². The average Bonchev–Trinajstić information content (AvgIpc) is 3.42. The Labute approximate surface area is 238 Å². The van der Waals surface area contributed by atoms with Crippen LogP contribution in [0.3, 0.4) is 0 Å². The Balaban J connectivity index is 1.61. The zero-order valence-corrected chi connectivity index (χ0v) is 22.9. The maximum Gasteiger partial charge on any atom is 0.271 e. The molecule has 2 amide bonds. The zero-order valence-electron chi connectivity index (χ0n) is 22.9. The van der Waals surface area contributed by atoms with Gasteiger partial charge in [0.1, 0.15) is 24.0 Å². The second kappa shape index (κ2) is 11.7. The fourth-order valence-electron chi connectivity index (χ4n) is 4.60. The SMILES string of the molecule is C=CCOc1ccc(-c2nn(-c3ccccc3)cc2/C=C2/C(=O)N(Cc3ccc(C)cc3)C(=O)C(C#N)=C2C)cc1. The predicted molar refractivity (Wildman–Crippen MR) is 158 cm³/mol. The number of imide groups is 1. The summed E-state index contributed by atoms with van der Waals surface area (Å²) < 4.78 is 7.37. The number of ether oxygens (including phenoxy) is 1. The topological polar surface area (TPSA) is 88.2 Å². The molecule has 0 saturated heterocycles. The molecule has 0 saturated carbocycles. The van der Waals surface area contributed by atoms with Gasteiger partial charge < -0.3 is 4.74 Å². The third-order valence-corrected chi connectivity index (χ3v) is 6.85. The first-order valence-corrected chi connectivity index (χ1v) is 13.1. The Hall–Kier alpha value is -5.48. The quantitative estimate of drug-likeness (QED) is 0.151. The van der Waals surface area contributed by atoms with E-state index in [2.05, 4.69) is 6.58 Å². The van der Waals surface area contributed by atoms with Gasteiger partial charge in [-0.05, 0) is 67.5 Å². The minimum atomic E-state index is -0.594. The molecule has 0 atom stereocenters. The van der Waals surface area contributed by atoms with Crippen LogP contribution in [0.4, 0.5) is 0 Å². The Kier molecular flexibility index (Phi) is 7.75. The minimum Gasteiger partial charge on any atom is -0.490 e. The molecule has 1 aliphatic rings. The molecule has 1 aromatic heterocycles. The van der Waals surface area contributed by atoms with Crippen molar-refractivity contribution in [2.45, 2.75) is 20.4 Å². The van der Waals surface area contributed by atoms with E-state index in [-0.39, 0.29) is 17.7 Å². The van der Waals surface area contributed by atoms with Crippen LogP contribution in [0.25, 0.3) is 23.0 Å². The van der Waals surface area contributed by atoms with E-state index in [1.54, 1.807) is 23.8 Å². The number of amides is 2. The Morgan fingerprint density at radius 3 is 2.32 bits per heavy atom. The van der Waals surface area contributed by atoms with Crippen LogP contribution in [-0.4, -0.2) is 33.1 Å². The van der Waals surface area contributed by atoms with Crippen LogP contribution >= 0.6 is 0 Å². The van der Waals surface area contributed by atoms with Gasteiger partial charge in [-0.2, -0.15) is 10.4 Å². The molecule has 0 unspecified atom stereocenters. The Bertz CT molecular complexity index is 1720. The molecule has 0 fully saturated rings. The van der Waals surface area contributed by atoms with E-state index >= 15 is 0 Å². The summed E-state index contributed by atoms with van der Waals surface area (Å²) in [4.78, 5) is 28.1. The minimum absolute atomic E-state index is 0.0521. The van der Waals surface area contributed by atoms with Crippen molar-refractivity contribution in [3.05, 3.63) is 131 Å². The number of aryl methyl sites for hydroxylation is 1. The van der Waals surface area contributed by atoms with Gasteiger partial charge in [-0.25, -0.2) is 4.68 Å². The average molecular weight is 541 g/mol. The lowest BCUT2D eigenvalue weighted by Gasteiger charge is -2.27. The maximum absolute atomic E-state index is 13.8. The number of aromatic nitrogens is 2. The van der Waals surface area contributed by atoms with Gasteiger partial charge in [0.25, 0.3) is 11.8 Å². The first-order valence-electron chi connectivity index (χ1n) is 13.1. The number of carbonyl (C=O) groups is 2. The van der Waals surface area contributed by atoms with Gasteiger partial charge >= 0.3 is 0 Å². The molecule has 202 valence electrons. The predicted octanol–water partition coefficient (Wildman–Crippen LogP) is 6.21. The fraction of sp³-hybridized carbons (Fsp3) is 0.118. The molecule has 7 heteroatoms. The van der Waals surface area contributed by atoms with Crippen molar-refractivity contribution in [2.24, 2.45) is 0 Å². The molecule has 2 heterocycles. The van der Waals surface area contributed by atoms with Crippen molar-refractivity contribution in [2.75, 3.05) is 6.61 Å². The van der Waals surface area contributed by atoms with Crippen LogP contribution in [0.15, 0.2) is 114 Å². The number of benzene rings is 3. The van der Waals surface area contributed by atoms with Gasteiger partial charge in [0.05, 0.1) is 17.9 Å². The lowest BCUT2D eigenvalue weighted by atomic mass is 9.93. The van der Waals surface area contributed by atoms with Crippen LogP contribution in [0.5, 0.6) is 5.75 Å². The molecule has 0 N–H and O–H groups in total. The summed E-state index contributed by atoms with van der Waals surface area (Å²) >= 11 is 0. The van der Waals surface area contributed by atoms with Crippen LogP contribution in [0, 0.1) is 18.3 Å². The molecule has 3 aromatic carbocycles. The second-order valence-electron chi connectivity index (χ2n) is 9.69. The largest absolute Gasteiger partial charge is 0.490 e. The molecule has 4 aromatic rings. The van der Waals surface area contributed by atoms with Gasteiger partial charge in [-0.3, -0.25) is 14.5 Å². The van der Waals surface area contributed by atoms with Crippen LogP contribution in [0.2, 0.25) is 0 Å². The molecule has 0 bridgehead atoms. The standard InChI is InChI=1S/C34H28N4O3/c1-4-18-41-29-16-14-26(15-17-29)32-27(22-38(36-32)28-8-6-5-7-9-28)19-30-24(3)31(20-35)34(40)37(33(30)39)21-25-12-10-23(2)11-13-25/h4-17,19,22H,1,18,21H2,2-3H3/b30-19+. The van der Waals surface area contributed by atoms with Crippen LogP contribution in [-0.2, 0) is 16.1 Å². The van der Waals surface area contributed by atoms with E-state index in [1.807, 2.05) is 98.1 Å². The number of carbonyl (C=O) groups excluding carboxylic acids is 2. The highest BCUT2D eigenvalue weighted by molar-refractivity contribution is 6.19. The number of hydrogen-bond acceptors (Lipinski definition) is 5. The molecule has 1 aliphatic heterocycles. The van der Waals surface area contributed by atoms with Gasteiger partial charge in [0.2, 0.25) is 0 Å². The van der Waals surface area contributed by atoms with E-state index in [4.69, 9.17) is 9.84 Å². The number of nitriles is 1. The van der Waals surface area contributed by atoms with Crippen LogP contribution < -0.4 is 4.74 Å². The summed E-state index contributed by atoms with van der Waals surface area (Å²) in [5.74, 6) is -0.358. The maximum atomic E-state index is 13.8. The summed E-state index contributed by atoms with van der Waals surface area (Å²) in [7, 11) is 0. The normalized spacial score (nSPS) is 14.4. The summed E-state index contributed by atoms with van der Waals surface area (Å²) in [5, 5.41) is 14.7. The second-order valence-corrected chi connectivity index (χ2v) is 9.69. The first kappa shape index (κ1) is 27.1. The van der Waals surface area contributed by atoms with E-state index in [0.29, 0.717) is 29.2 Å². The van der Waals surface area contributed by atoms with E-state index < -0.39 is 11.8 Å². The number of para-hydroxylation sites is 1. The third kappa shape index (κ3) is 5.63. The van der Waals surface area contributed by atoms with Crippen molar-refractivity contribution < 1.29 is 14.3 Å². The zero-order chi connectivity index (χ0) is 28.9. The molecule has 41 heavy (non-hydrogen) atoms.